The molecule has 0 bridgehead atoms. The van der Waals surface area contributed by atoms with Gasteiger partial charge in [-0.05, 0) is 6.92 Å². The largest absolute Gasteiger partial charge is 0.341 e. The number of aromatic amines is 1. The minimum atomic E-state index is 0.804. The zero-order chi connectivity index (χ0) is 8.55. The van der Waals surface area contributed by atoms with Crippen molar-refractivity contribution >= 4 is 0 Å². The van der Waals surface area contributed by atoms with E-state index in [0.717, 1.165) is 17.2 Å². The molecular formula is C8H9N4. The third-order valence-corrected chi connectivity index (χ3v) is 1.60. The number of aryl methyl sites for hydroxylation is 2. The van der Waals surface area contributed by atoms with E-state index in [-0.39, 0.29) is 0 Å². The molecule has 12 heavy (non-hydrogen) atoms. The molecule has 61 valence electrons. The van der Waals surface area contributed by atoms with Crippen molar-refractivity contribution in [2.24, 2.45) is 7.05 Å². The Kier molecular flexibility index (Phi) is 1.46. The van der Waals surface area contributed by atoms with Gasteiger partial charge in [0.1, 0.15) is 11.5 Å². The maximum atomic E-state index is 4.18. The fourth-order valence-electron chi connectivity index (χ4n) is 1.04. The predicted molar refractivity (Wildman–Crippen MR) is 44.4 cm³/mol. The SMILES string of the molecule is Cc1ncc(-c2[c]cn(C)n2)[nH]1. The van der Waals surface area contributed by atoms with Gasteiger partial charge in [-0.25, -0.2) is 4.98 Å². The molecule has 2 aromatic heterocycles. The lowest BCUT2D eigenvalue weighted by atomic mass is 10.3. The summed E-state index contributed by atoms with van der Waals surface area (Å²) in [6.07, 6.45) is 3.54. The average molecular weight is 161 g/mol. The lowest BCUT2D eigenvalue weighted by molar-refractivity contribution is 0.770. The van der Waals surface area contributed by atoms with Crippen LogP contribution in [-0.2, 0) is 7.05 Å². The first-order valence-corrected chi connectivity index (χ1v) is 3.69. The number of imidazole rings is 1. The molecule has 2 heterocycles. The predicted octanol–water partition coefficient (Wildman–Crippen LogP) is 0.919. The number of hydrogen-bond donors (Lipinski definition) is 1. The summed E-state index contributed by atoms with van der Waals surface area (Å²) in [7, 11) is 1.86. The standard InChI is InChI=1S/C8H9N4/c1-6-9-5-8(10-6)7-3-4-12(2)11-7/h4-5H,1-2H3,(H,9,10). The van der Waals surface area contributed by atoms with Crippen LogP contribution in [0.25, 0.3) is 11.4 Å². The second kappa shape index (κ2) is 2.48. The first-order chi connectivity index (χ1) is 5.75. The highest BCUT2D eigenvalue weighted by atomic mass is 15.3. The van der Waals surface area contributed by atoms with Crippen molar-refractivity contribution in [1.82, 2.24) is 19.7 Å². The lowest BCUT2D eigenvalue weighted by Gasteiger charge is -1.87. The molecule has 4 heteroatoms. The van der Waals surface area contributed by atoms with Gasteiger partial charge in [0.25, 0.3) is 0 Å². The van der Waals surface area contributed by atoms with Crippen molar-refractivity contribution in [3.05, 3.63) is 24.3 Å². The van der Waals surface area contributed by atoms with Gasteiger partial charge in [0.2, 0.25) is 0 Å². The highest BCUT2D eigenvalue weighted by Crippen LogP contribution is 2.12. The maximum absolute atomic E-state index is 4.18. The van der Waals surface area contributed by atoms with Crippen LogP contribution in [0.3, 0.4) is 0 Å². The van der Waals surface area contributed by atoms with Crippen molar-refractivity contribution < 1.29 is 0 Å². The molecule has 0 unspecified atom stereocenters. The number of nitrogens with zero attached hydrogens (tertiary/aromatic N) is 3. The van der Waals surface area contributed by atoms with Crippen LogP contribution in [0.2, 0.25) is 0 Å². The van der Waals surface area contributed by atoms with E-state index < -0.39 is 0 Å². The van der Waals surface area contributed by atoms with E-state index in [0.29, 0.717) is 0 Å². The first-order valence-electron chi connectivity index (χ1n) is 3.69. The van der Waals surface area contributed by atoms with E-state index in [1.165, 1.54) is 0 Å². The maximum Gasteiger partial charge on any atom is 0.118 e. The summed E-state index contributed by atoms with van der Waals surface area (Å²) < 4.78 is 1.71. The van der Waals surface area contributed by atoms with Crippen LogP contribution in [0.1, 0.15) is 5.82 Å². The summed E-state index contributed by atoms with van der Waals surface area (Å²) in [6, 6.07) is 3.02. The quantitative estimate of drug-likeness (QED) is 0.676. The third kappa shape index (κ3) is 1.11. The molecule has 0 spiro atoms. The van der Waals surface area contributed by atoms with Crippen molar-refractivity contribution in [1.29, 1.82) is 0 Å². The number of aromatic nitrogens is 4. The molecule has 0 aliphatic heterocycles. The van der Waals surface area contributed by atoms with Crippen molar-refractivity contribution in [3.8, 4) is 11.4 Å². The smallest absolute Gasteiger partial charge is 0.118 e. The molecule has 0 saturated carbocycles. The number of nitrogens with one attached hydrogen (secondary N) is 1. The van der Waals surface area contributed by atoms with E-state index in [4.69, 9.17) is 0 Å². The Hall–Kier alpha value is -1.58. The van der Waals surface area contributed by atoms with Gasteiger partial charge in [-0.3, -0.25) is 4.68 Å². The van der Waals surface area contributed by atoms with Crippen LogP contribution in [0, 0.1) is 13.0 Å². The zero-order valence-electron chi connectivity index (χ0n) is 7.00. The Morgan fingerprint density at radius 3 is 2.92 bits per heavy atom. The van der Waals surface area contributed by atoms with Crippen LogP contribution >= 0.6 is 0 Å². The summed E-state index contributed by atoms with van der Waals surface area (Å²) >= 11 is 0. The van der Waals surface area contributed by atoms with Crippen LogP contribution in [0.5, 0.6) is 0 Å². The van der Waals surface area contributed by atoms with Crippen LogP contribution in [-0.4, -0.2) is 19.7 Å². The number of rotatable bonds is 1. The van der Waals surface area contributed by atoms with Gasteiger partial charge >= 0.3 is 0 Å². The highest BCUT2D eigenvalue weighted by molar-refractivity contribution is 5.51. The van der Waals surface area contributed by atoms with Gasteiger partial charge in [0, 0.05) is 19.3 Å². The summed E-state index contributed by atoms with van der Waals surface area (Å²) in [6.45, 7) is 1.91. The Labute approximate surface area is 70.3 Å². The molecule has 2 aromatic rings. The second-order valence-corrected chi connectivity index (χ2v) is 2.68. The van der Waals surface area contributed by atoms with Gasteiger partial charge in [0.05, 0.1) is 11.9 Å². The molecule has 0 aliphatic carbocycles. The fourth-order valence-corrected chi connectivity index (χ4v) is 1.04. The molecule has 4 nitrogen and oxygen atoms in total. The van der Waals surface area contributed by atoms with Gasteiger partial charge in [-0.15, -0.1) is 0 Å². The topological polar surface area (TPSA) is 46.5 Å². The number of H-pyrrole nitrogens is 1. The Morgan fingerprint density at radius 2 is 2.42 bits per heavy atom. The Balaban J connectivity index is 2.43. The van der Waals surface area contributed by atoms with Crippen LogP contribution < -0.4 is 0 Å². The minimum absolute atomic E-state index is 0.804. The molecule has 0 aromatic carbocycles. The molecule has 0 aliphatic rings. The van der Waals surface area contributed by atoms with Gasteiger partial charge in [0.15, 0.2) is 0 Å². The zero-order valence-corrected chi connectivity index (χ0v) is 7.00. The summed E-state index contributed by atoms with van der Waals surface area (Å²) in [5, 5.41) is 4.18. The normalized spacial score (nSPS) is 10.5. The van der Waals surface area contributed by atoms with Crippen molar-refractivity contribution in [3.63, 3.8) is 0 Å². The third-order valence-electron chi connectivity index (χ3n) is 1.60. The molecule has 0 amide bonds. The van der Waals surface area contributed by atoms with Crippen molar-refractivity contribution in [2.45, 2.75) is 6.92 Å². The Morgan fingerprint density at radius 1 is 1.58 bits per heavy atom. The van der Waals surface area contributed by atoms with E-state index in [2.05, 4.69) is 21.1 Å². The van der Waals surface area contributed by atoms with Gasteiger partial charge in [-0.2, -0.15) is 5.10 Å². The molecular weight excluding hydrogens is 152 g/mol. The molecule has 1 N–H and O–H groups in total. The van der Waals surface area contributed by atoms with Crippen molar-refractivity contribution in [2.75, 3.05) is 0 Å². The average Bonchev–Trinajstić information content (AvgIpc) is 2.58. The van der Waals surface area contributed by atoms with Gasteiger partial charge in [-0.1, -0.05) is 0 Å². The lowest BCUT2D eigenvalue weighted by Crippen LogP contribution is -1.87. The van der Waals surface area contributed by atoms with Crippen LogP contribution in [0.4, 0.5) is 0 Å². The molecule has 0 atom stereocenters. The van der Waals surface area contributed by atoms with E-state index in [1.54, 1.807) is 17.1 Å². The molecule has 0 fully saturated rings. The van der Waals surface area contributed by atoms with E-state index in [9.17, 15) is 0 Å². The Bertz CT molecular complexity index is 347. The monoisotopic (exact) mass is 161 g/mol. The molecule has 0 saturated heterocycles. The summed E-state index contributed by atoms with van der Waals surface area (Å²) in [5.41, 5.74) is 1.71. The summed E-state index contributed by atoms with van der Waals surface area (Å²) in [5.74, 6) is 0.893. The molecule has 1 radical (unpaired) electrons. The number of hydrogen-bond acceptors (Lipinski definition) is 2. The minimum Gasteiger partial charge on any atom is -0.341 e. The van der Waals surface area contributed by atoms with E-state index in [1.807, 2.05) is 14.0 Å². The first kappa shape index (κ1) is 7.09. The molecule has 2 rings (SSSR count). The fraction of sp³-hybridized carbons (Fsp3) is 0.250. The van der Waals surface area contributed by atoms with E-state index >= 15 is 0 Å². The second-order valence-electron chi connectivity index (χ2n) is 2.68. The highest BCUT2D eigenvalue weighted by Gasteiger charge is 2.02. The summed E-state index contributed by atoms with van der Waals surface area (Å²) in [4.78, 5) is 7.16. The van der Waals surface area contributed by atoms with Crippen LogP contribution in [0.15, 0.2) is 12.4 Å². The van der Waals surface area contributed by atoms with Gasteiger partial charge < -0.3 is 4.98 Å².